The zero-order chi connectivity index (χ0) is 11.7. The minimum atomic E-state index is 0.612. The molecule has 0 amide bonds. The summed E-state index contributed by atoms with van der Waals surface area (Å²) in [6.07, 6.45) is 5.01. The largest absolute Gasteiger partial charge is 0.341 e. The van der Waals surface area contributed by atoms with E-state index in [1.54, 1.807) is 17.5 Å². The van der Waals surface area contributed by atoms with Crippen molar-refractivity contribution in [1.29, 1.82) is 0 Å². The van der Waals surface area contributed by atoms with Crippen LogP contribution >= 0.6 is 22.7 Å². The van der Waals surface area contributed by atoms with Gasteiger partial charge in [-0.05, 0) is 35.2 Å². The van der Waals surface area contributed by atoms with Gasteiger partial charge in [0, 0.05) is 12.6 Å². The minimum absolute atomic E-state index is 0.612. The van der Waals surface area contributed by atoms with E-state index < -0.39 is 0 Å². The second-order valence-electron chi connectivity index (χ2n) is 4.15. The van der Waals surface area contributed by atoms with Gasteiger partial charge in [-0.1, -0.05) is 11.3 Å². The first kappa shape index (κ1) is 10.9. The van der Waals surface area contributed by atoms with Crippen molar-refractivity contribution in [1.82, 2.24) is 4.98 Å². The van der Waals surface area contributed by atoms with E-state index in [1.165, 1.54) is 29.7 Å². The Bertz CT molecular complexity index is 502. The van der Waals surface area contributed by atoms with Crippen LogP contribution in [0.5, 0.6) is 0 Å². The van der Waals surface area contributed by atoms with Crippen molar-refractivity contribution in [2.24, 2.45) is 0 Å². The number of hydrogen-bond acceptors (Lipinski definition) is 5. The molecule has 3 nitrogen and oxygen atoms in total. The Morgan fingerprint density at radius 2 is 2.41 bits per heavy atom. The van der Waals surface area contributed by atoms with Crippen LogP contribution in [0.2, 0.25) is 0 Å². The maximum atomic E-state index is 10.7. The number of carbonyl (C=O) groups excluding carboxylic acids is 1. The third-order valence-corrected chi connectivity index (χ3v) is 4.49. The molecule has 0 unspecified atom stereocenters. The monoisotopic (exact) mass is 264 g/mol. The summed E-state index contributed by atoms with van der Waals surface area (Å²) in [4.78, 5) is 18.1. The standard InChI is InChI=1S/C12H12N2OS2/c15-7-11-5-13-12(17-11)14(10-1-2-10)6-9-3-4-16-8-9/h3-5,7-8,10H,1-2,6H2. The van der Waals surface area contributed by atoms with Crippen molar-refractivity contribution in [2.45, 2.75) is 25.4 Å². The highest BCUT2D eigenvalue weighted by Crippen LogP contribution is 2.35. The summed E-state index contributed by atoms with van der Waals surface area (Å²) in [5.41, 5.74) is 1.32. The Morgan fingerprint density at radius 1 is 1.53 bits per heavy atom. The summed E-state index contributed by atoms with van der Waals surface area (Å²) in [7, 11) is 0. The molecule has 1 fully saturated rings. The summed E-state index contributed by atoms with van der Waals surface area (Å²) in [6, 6.07) is 2.76. The van der Waals surface area contributed by atoms with Gasteiger partial charge in [0.25, 0.3) is 0 Å². The molecule has 88 valence electrons. The molecule has 2 heterocycles. The van der Waals surface area contributed by atoms with Gasteiger partial charge in [0.1, 0.15) is 0 Å². The summed E-state index contributed by atoms with van der Waals surface area (Å²) in [5, 5.41) is 5.24. The molecule has 0 saturated heterocycles. The Kier molecular flexibility index (Phi) is 2.94. The summed E-state index contributed by atoms with van der Waals surface area (Å²) in [6.45, 7) is 0.903. The fourth-order valence-corrected chi connectivity index (χ4v) is 3.24. The number of thiophene rings is 1. The lowest BCUT2D eigenvalue weighted by Crippen LogP contribution is -2.24. The van der Waals surface area contributed by atoms with Crippen LogP contribution in [-0.4, -0.2) is 17.3 Å². The van der Waals surface area contributed by atoms with Crippen molar-refractivity contribution in [3.8, 4) is 0 Å². The lowest BCUT2D eigenvalue weighted by atomic mass is 10.3. The Morgan fingerprint density at radius 3 is 3.00 bits per heavy atom. The molecule has 1 aliphatic rings. The summed E-state index contributed by atoms with van der Waals surface area (Å²) >= 11 is 3.20. The van der Waals surface area contributed by atoms with Crippen LogP contribution < -0.4 is 4.90 Å². The first-order chi connectivity index (χ1) is 8.36. The van der Waals surface area contributed by atoms with E-state index in [-0.39, 0.29) is 0 Å². The number of aldehydes is 1. The molecule has 1 aliphatic carbocycles. The van der Waals surface area contributed by atoms with Crippen LogP contribution in [0.15, 0.2) is 23.0 Å². The average Bonchev–Trinajstić information content (AvgIpc) is 2.88. The fraction of sp³-hybridized carbons (Fsp3) is 0.333. The number of anilines is 1. The van der Waals surface area contributed by atoms with Gasteiger partial charge in [-0.3, -0.25) is 4.79 Å². The molecule has 17 heavy (non-hydrogen) atoms. The molecule has 0 N–H and O–H groups in total. The first-order valence-electron chi connectivity index (χ1n) is 5.55. The van der Waals surface area contributed by atoms with Crippen LogP contribution in [0.25, 0.3) is 0 Å². The molecule has 5 heteroatoms. The molecule has 3 rings (SSSR count). The first-order valence-corrected chi connectivity index (χ1v) is 7.31. The highest BCUT2D eigenvalue weighted by Gasteiger charge is 2.31. The zero-order valence-electron chi connectivity index (χ0n) is 9.20. The van der Waals surface area contributed by atoms with E-state index in [2.05, 4.69) is 26.7 Å². The van der Waals surface area contributed by atoms with Crippen LogP contribution in [0.3, 0.4) is 0 Å². The van der Waals surface area contributed by atoms with Crippen molar-refractivity contribution in [3.63, 3.8) is 0 Å². The predicted octanol–water partition coefficient (Wildman–Crippen LogP) is 3.19. The molecule has 0 atom stereocenters. The maximum Gasteiger partial charge on any atom is 0.186 e. The third-order valence-electron chi connectivity index (χ3n) is 2.79. The Labute approximate surface area is 108 Å². The van der Waals surface area contributed by atoms with Gasteiger partial charge in [0.05, 0.1) is 11.1 Å². The van der Waals surface area contributed by atoms with Gasteiger partial charge < -0.3 is 4.90 Å². The molecule has 2 aromatic heterocycles. The van der Waals surface area contributed by atoms with Crippen molar-refractivity contribution >= 4 is 34.1 Å². The van der Waals surface area contributed by atoms with Gasteiger partial charge in [-0.25, -0.2) is 4.98 Å². The van der Waals surface area contributed by atoms with Crippen molar-refractivity contribution in [2.75, 3.05) is 4.90 Å². The Hall–Kier alpha value is -1.20. The number of carbonyl (C=O) groups is 1. The average molecular weight is 264 g/mol. The molecule has 0 spiro atoms. The van der Waals surface area contributed by atoms with Gasteiger partial charge in [0.2, 0.25) is 0 Å². The van der Waals surface area contributed by atoms with Gasteiger partial charge >= 0.3 is 0 Å². The zero-order valence-corrected chi connectivity index (χ0v) is 10.8. The summed E-state index contributed by atoms with van der Waals surface area (Å²) < 4.78 is 0. The molecule has 1 saturated carbocycles. The maximum absolute atomic E-state index is 10.7. The molecule has 0 radical (unpaired) electrons. The van der Waals surface area contributed by atoms with Crippen LogP contribution in [0.4, 0.5) is 5.13 Å². The van der Waals surface area contributed by atoms with E-state index in [4.69, 9.17) is 0 Å². The lowest BCUT2D eigenvalue weighted by Gasteiger charge is -2.20. The fourth-order valence-electron chi connectivity index (χ4n) is 1.78. The van der Waals surface area contributed by atoms with E-state index in [9.17, 15) is 4.79 Å². The SMILES string of the molecule is O=Cc1cnc(N(Cc2ccsc2)C2CC2)s1. The van der Waals surface area contributed by atoms with Gasteiger partial charge in [-0.2, -0.15) is 11.3 Å². The molecule has 0 aromatic carbocycles. The highest BCUT2D eigenvalue weighted by atomic mass is 32.1. The van der Waals surface area contributed by atoms with E-state index in [1.807, 2.05) is 0 Å². The second-order valence-corrected chi connectivity index (χ2v) is 5.97. The predicted molar refractivity (Wildman–Crippen MR) is 71.0 cm³/mol. The van der Waals surface area contributed by atoms with Gasteiger partial charge in [-0.15, -0.1) is 0 Å². The highest BCUT2D eigenvalue weighted by molar-refractivity contribution is 7.17. The van der Waals surface area contributed by atoms with E-state index in [0.29, 0.717) is 10.9 Å². The topological polar surface area (TPSA) is 33.2 Å². The van der Waals surface area contributed by atoms with E-state index >= 15 is 0 Å². The summed E-state index contributed by atoms with van der Waals surface area (Å²) in [5.74, 6) is 0. The quantitative estimate of drug-likeness (QED) is 0.778. The number of aromatic nitrogens is 1. The molecular weight excluding hydrogens is 252 g/mol. The molecule has 0 aliphatic heterocycles. The lowest BCUT2D eigenvalue weighted by molar-refractivity contribution is 0.112. The van der Waals surface area contributed by atoms with Crippen LogP contribution in [-0.2, 0) is 6.54 Å². The third kappa shape index (κ3) is 2.40. The molecule has 0 bridgehead atoms. The second kappa shape index (κ2) is 4.58. The van der Waals surface area contributed by atoms with Gasteiger partial charge in [0.15, 0.2) is 11.4 Å². The number of thiazole rings is 1. The molecular formula is C12H12N2OS2. The minimum Gasteiger partial charge on any atom is -0.341 e. The Balaban J connectivity index is 1.82. The van der Waals surface area contributed by atoms with Crippen molar-refractivity contribution in [3.05, 3.63) is 33.5 Å². The molecule has 2 aromatic rings. The number of rotatable bonds is 5. The number of nitrogens with zero attached hydrogens (tertiary/aromatic N) is 2. The normalized spacial score (nSPS) is 14.8. The smallest absolute Gasteiger partial charge is 0.186 e. The van der Waals surface area contributed by atoms with E-state index in [0.717, 1.165) is 18.0 Å². The van der Waals surface area contributed by atoms with Crippen LogP contribution in [0, 0.1) is 0 Å². The number of hydrogen-bond donors (Lipinski definition) is 0. The van der Waals surface area contributed by atoms with Crippen molar-refractivity contribution < 1.29 is 4.79 Å². The van der Waals surface area contributed by atoms with Crippen LogP contribution in [0.1, 0.15) is 28.1 Å².